The highest BCUT2D eigenvalue weighted by Gasteiger charge is 2.17. The highest BCUT2D eigenvalue weighted by Crippen LogP contribution is 2.22. The number of H-pyrrole nitrogens is 1. The minimum absolute atomic E-state index is 0.0601. The molecule has 0 fully saturated rings. The van der Waals surface area contributed by atoms with Crippen LogP contribution >= 0.6 is 11.3 Å². The second-order valence-corrected chi connectivity index (χ2v) is 6.04. The number of thiophene rings is 1. The molecule has 0 aliphatic carbocycles. The van der Waals surface area contributed by atoms with Crippen molar-refractivity contribution in [3.63, 3.8) is 0 Å². The minimum Gasteiger partial charge on any atom is -0.356 e. The summed E-state index contributed by atoms with van der Waals surface area (Å²) in [7, 11) is 3.97. The Morgan fingerprint density at radius 1 is 1.43 bits per heavy atom. The summed E-state index contributed by atoms with van der Waals surface area (Å²) in [6, 6.07) is 5.77. The van der Waals surface area contributed by atoms with Crippen LogP contribution in [0.15, 0.2) is 29.8 Å². The number of nitrogens with one attached hydrogen (secondary N) is 2. The number of aromatic amines is 1. The van der Waals surface area contributed by atoms with E-state index in [2.05, 4.69) is 21.3 Å². The van der Waals surface area contributed by atoms with Gasteiger partial charge >= 0.3 is 0 Å². The number of hydrogen-bond donors (Lipinski definition) is 2. The Bertz CT molecular complexity index is 617. The molecule has 0 aliphatic heterocycles. The fourth-order valence-corrected chi connectivity index (χ4v) is 2.95. The van der Waals surface area contributed by atoms with E-state index in [0.29, 0.717) is 17.8 Å². The maximum Gasteiger partial charge on any atom is 0.267 e. The van der Waals surface area contributed by atoms with Gasteiger partial charge in [0.25, 0.3) is 5.91 Å². The largest absolute Gasteiger partial charge is 0.356 e. The van der Waals surface area contributed by atoms with E-state index in [4.69, 9.17) is 0 Å². The number of nitrogens with zero attached hydrogens (tertiary/aromatic N) is 1. The van der Waals surface area contributed by atoms with Crippen molar-refractivity contribution >= 4 is 23.0 Å². The van der Waals surface area contributed by atoms with Crippen molar-refractivity contribution in [3.8, 4) is 0 Å². The lowest BCUT2D eigenvalue weighted by atomic mass is 10.2. The predicted octanol–water partition coefficient (Wildman–Crippen LogP) is 2.31. The zero-order valence-electron chi connectivity index (χ0n) is 12.3. The highest BCUT2D eigenvalue weighted by atomic mass is 32.1. The second-order valence-electron chi connectivity index (χ2n) is 5.06. The van der Waals surface area contributed by atoms with Crippen LogP contribution in [-0.4, -0.2) is 42.2 Å². The van der Waals surface area contributed by atoms with Gasteiger partial charge in [-0.25, -0.2) is 0 Å². The van der Waals surface area contributed by atoms with Gasteiger partial charge in [0.2, 0.25) is 0 Å². The molecular formula is C15H19N3O2S. The average molecular weight is 305 g/mol. The van der Waals surface area contributed by atoms with Gasteiger partial charge < -0.3 is 15.2 Å². The fraction of sp³-hybridized carbons (Fsp3) is 0.333. The Balaban J connectivity index is 2.00. The van der Waals surface area contributed by atoms with Gasteiger partial charge in [0, 0.05) is 23.2 Å². The Kier molecular flexibility index (Phi) is 4.93. The molecule has 0 bridgehead atoms. The lowest BCUT2D eigenvalue weighted by Gasteiger charge is -2.23. The monoisotopic (exact) mass is 305 g/mol. The number of carbonyl (C=O) groups excluding carboxylic acids is 2. The van der Waals surface area contributed by atoms with Gasteiger partial charge in [0.05, 0.1) is 6.04 Å². The first-order valence-electron chi connectivity index (χ1n) is 6.66. The van der Waals surface area contributed by atoms with Crippen LogP contribution in [0.3, 0.4) is 0 Å². The number of hydrogen-bond acceptors (Lipinski definition) is 4. The second kappa shape index (κ2) is 6.69. The maximum absolute atomic E-state index is 12.1. The molecule has 112 valence electrons. The van der Waals surface area contributed by atoms with Crippen molar-refractivity contribution in [2.24, 2.45) is 0 Å². The minimum atomic E-state index is -0.203. The van der Waals surface area contributed by atoms with Crippen LogP contribution in [0.4, 0.5) is 0 Å². The summed E-state index contributed by atoms with van der Waals surface area (Å²) >= 11 is 1.67. The van der Waals surface area contributed by atoms with Crippen LogP contribution in [-0.2, 0) is 0 Å². The quantitative estimate of drug-likeness (QED) is 0.805. The molecule has 0 radical (unpaired) electrons. The van der Waals surface area contributed by atoms with Crippen LogP contribution in [0.5, 0.6) is 0 Å². The summed E-state index contributed by atoms with van der Waals surface area (Å²) in [6.45, 7) is 1.99. The number of aromatic nitrogens is 1. The van der Waals surface area contributed by atoms with Gasteiger partial charge in [0.15, 0.2) is 5.78 Å². The van der Waals surface area contributed by atoms with E-state index in [9.17, 15) is 9.59 Å². The SMILES string of the molecule is CC(=O)c1c[nH]c(C(=O)NCC(c2cccs2)N(C)C)c1. The van der Waals surface area contributed by atoms with Gasteiger partial charge in [-0.15, -0.1) is 11.3 Å². The molecule has 2 aromatic heterocycles. The molecule has 2 N–H and O–H groups in total. The first kappa shape index (κ1) is 15.5. The van der Waals surface area contributed by atoms with E-state index in [1.807, 2.05) is 25.5 Å². The highest BCUT2D eigenvalue weighted by molar-refractivity contribution is 7.10. The topological polar surface area (TPSA) is 65.2 Å². The van der Waals surface area contributed by atoms with Crippen molar-refractivity contribution in [3.05, 3.63) is 45.9 Å². The van der Waals surface area contributed by atoms with Crippen LogP contribution in [0.25, 0.3) is 0 Å². The molecule has 1 unspecified atom stereocenters. The van der Waals surface area contributed by atoms with E-state index in [1.54, 1.807) is 23.6 Å². The van der Waals surface area contributed by atoms with Gasteiger partial charge in [-0.3, -0.25) is 9.59 Å². The maximum atomic E-state index is 12.1. The Labute approximate surface area is 128 Å². The smallest absolute Gasteiger partial charge is 0.267 e. The normalized spacial score (nSPS) is 12.4. The van der Waals surface area contributed by atoms with Crippen molar-refractivity contribution in [1.29, 1.82) is 0 Å². The Morgan fingerprint density at radius 2 is 2.19 bits per heavy atom. The first-order chi connectivity index (χ1) is 9.99. The van der Waals surface area contributed by atoms with Crippen LogP contribution in [0.2, 0.25) is 0 Å². The lowest BCUT2D eigenvalue weighted by molar-refractivity contribution is 0.0937. The predicted molar refractivity (Wildman–Crippen MR) is 83.9 cm³/mol. The molecule has 0 saturated carbocycles. The van der Waals surface area contributed by atoms with Gasteiger partial charge in [-0.2, -0.15) is 0 Å². The molecule has 2 aromatic rings. The summed E-state index contributed by atoms with van der Waals surface area (Å²) in [5.41, 5.74) is 0.923. The summed E-state index contributed by atoms with van der Waals surface area (Å²) in [5.74, 6) is -0.263. The molecule has 2 heterocycles. The van der Waals surface area contributed by atoms with E-state index < -0.39 is 0 Å². The zero-order chi connectivity index (χ0) is 15.4. The number of carbonyl (C=O) groups is 2. The van der Waals surface area contributed by atoms with Crippen LogP contribution < -0.4 is 5.32 Å². The van der Waals surface area contributed by atoms with Crippen molar-refractivity contribution in [2.75, 3.05) is 20.6 Å². The molecule has 2 rings (SSSR count). The zero-order valence-corrected chi connectivity index (χ0v) is 13.2. The molecule has 5 nitrogen and oxygen atoms in total. The van der Waals surface area contributed by atoms with E-state index >= 15 is 0 Å². The summed E-state index contributed by atoms with van der Waals surface area (Å²) in [6.07, 6.45) is 1.56. The van der Waals surface area contributed by atoms with Gasteiger partial charge in [-0.05, 0) is 38.5 Å². The molecule has 1 atom stereocenters. The molecule has 0 aliphatic rings. The third kappa shape index (κ3) is 3.80. The molecule has 0 aromatic carbocycles. The van der Waals surface area contributed by atoms with E-state index in [-0.39, 0.29) is 17.7 Å². The molecular weight excluding hydrogens is 286 g/mol. The molecule has 0 spiro atoms. The van der Waals surface area contributed by atoms with E-state index in [0.717, 1.165) is 0 Å². The first-order valence-corrected chi connectivity index (χ1v) is 7.54. The van der Waals surface area contributed by atoms with E-state index in [1.165, 1.54) is 11.8 Å². The average Bonchev–Trinajstić information content (AvgIpc) is 3.09. The van der Waals surface area contributed by atoms with Gasteiger partial charge in [-0.1, -0.05) is 6.07 Å². The Morgan fingerprint density at radius 3 is 2.71 bits per heavy atom. The molecule has 0 saturated heterocycles. The lowest BCUT2D eigenvalue weighted by Crippen LogP contribution is -2.34. The van der Waals surface area contributed by atoms with Gasteiger partial charge in [0.1, 0.15) is 5.69 Å². The van der Waals surface area contributed by atoms with Crippen LogP contribution in [0, 0.1) is 0 Å². The molecule has 6 heteroatoms. The van der Waals surface area contributed by atoms with Crippen molar-refractivity contribution in [2.45, 2.75) is 13.0 Å². The number of ketones is 1. The molecule has 21 heavy (non-hydrogen) atoms. The number of rotatable bonds is 6. The van der Waals surface area contributed by atoms with Crippen molar-refractivity contribution < 1.29 is 9.59 Å². The summed E-state index contributed by atoms with van der Waals surface area (Å²) in [4.78, 5) is 29.5. The third-order valence-corrected chi connectivity index (χ3v) is 4.26. The number of likely N-dealkylation sites (N-methyl/N-ethyl adjacent to an activating group) is 1. The number of Topliss-reactive ketones (excluding diaryl/α,β-unsaturated/α-hetero) is 1. The van der Waals surface area contributed by atoms with Crippen LogP contribution in [0.1, 0.15) is 38.7 Å². The third-order valence-electron chi connectivity index (χ3n) is 3.29. The Hall–Kier alpha value is -1.92. The number of amides is 1. The van der Waals surface area contributed by atoms with Crippen molar-refractivity contribution in [1.82, 2.24) is 15.2 Å². The molecule has 1 amide bonds. The summed E-state index contributed by atoms with van der Waals surface area (Å²) in [5, 5.41) is 4.93. The standard InChI is InChI=1S/C15H19N3O2S/c1-10(19)11-7-12(16-8-11)15(20)17-9-13(18(2)3)14-5-4-6-21-14/h4-8,13,16H,9H2,1-3H3,(H,17,20). The fourth-order valence-electron chi connectivity index (χ4n) is 2.03. The summed E-state index contributed by atoms with van der Waals surface area (Å²) < 4.78 is 0.